The molecule has 1 aliphatic rings. The highest BCUT2D eigenvalue weighted by molar-refractivity contribution is 5.94. The van der Waals surface area contributed by atoms with Crippen molar-refractivity contribution in [3.8, 4) is 0 Å². The SMILES string of the molecule is COC1CN(C(=O)c2ccccc2)CCC1C. The highest BCUT2D eigenvalue weighted by Gasteiger charge is 2.28. The van der Waals surface area contributed by atoms with Gasteiger partial charge in [-0.3, -0.25) is 4.79 Å². The van der Waals surface area contributed by atoms with Crippen molar-refractivity contribution < 1.29 is 9.53 Å². The monoisotopic (exact) mass is 233 g/mol. The van der Waals surface area contributed by atoms with E-state index in [9.17, 15) is 4.79 Å². The Balaban J connectivity index is 2.06. The van der Waals surface area contributed by atoms with Crippen LogP contribution in [-0.4, -0.2) is 37.1 Å². The first-order valence-corrected chi connectivity index (χ1v) is 6.09. The van der Waals surface area contributed by atoms with E-state index < -0.39 is 0 Å². The summed E-state index contributed by atoms with van der Waals surface area (Å²) in [6.45, 7) is 3.71. The van der Waals surface area contributed by atoms with E-state index in [1.54, 1.807) is 7.11 Å². The maximum atomic E-state index is 12.2. The number of nitrogens with zero attached hydrogens (tertiary/aromatic N) is 1. The number of rotatable bonds is 2. The summed E-state index contributed by atoms with van der Waals surface area (Å²) in [5, 5.41) is 0. The molecule has 1 aromatic carbocycles. The maximum Gasteiger partial charge on any atom is 0.253 e. The van der Waals surface area contributed by atoms with Crippen molar-refractivity contribution in [1.82, 2.24) is 4.90 Å². The van der Waals surface area contributed by atoms with E-state index in [0.717, 1.165) is 18.5 Å². The summed E-state index contributed by atoms with van der Waals surface area (Å²) >= 11 is 0. The van der Waals surface area contributed by atoms with Gasteiger partial charge in [0, 0.05) is 25.8 Å². The fourth-order valence-corrected chi connectivity index (χ4v) is 2.29. The molecule has 2 atom stereocenters. The van der Waals surface area contributed by atoms with Crippen LogP contribution in [0.15, 0.2) is 30.3 Å². The topological polar surface area (TPSA) is 29.5 Å². The Morgan fingerprint density at radius 2 is 2.06 bits per heavy atom. The van der Waals surface area contributed by atoms with Crippen molar-refractivity contribution in [3.63, 3.8) is 0 Å². The van der Waals surface area contributed by atoms with Crippen LogP contribution in [-0.2, 0) is 4.74 Å². The minimum atomic E-state index is 0.111. The molecule has 92 valence electrons. The molecule has 0 aliphatic carbocycles. The van der Waals surface area contributed by atoms with Gasteiger partial charge in [0.2, 0.25) is 0 Å². The lowest BCUT2D eigenvalue weighted by atomic mass is 9.95. The third-order valence-corrected chi connectivity index (χ3v) is 3.50. The molecule has 1 fully saturated rings. The molecule has 1 heterocycles. The highest BCUT2D eigenvalue weighted by Crippen LogP contribution is 2.20. The summed E-state index contributed by atoms with van der Waals surface area (Å²) in [7, 11) is 1.72. The third-order valence-electron chi connectivity index (χ3n) is 3.50. The average Bonchev–Trinajstić information content (AvgIpc) is 2.39. The van der Waals surface area contributed by atoms with Gasteiger partial charge in [-0.25, -0.2) is 0 Å². The summed E-state index contributed by atoms with van der Waals surface area (Å²) in [5.41, 5.74) is 0.761. The second kappa shape index (κ2) is 5.32. The second-order valence-electron chi connectivity index (χ2n) is 4.66. The number of hydrogen-bond acceptors (Lipinski definition) is 2. The number of piperidine rings is 1. The summed E-state index contributed by atoms with van der Waals surface area (Å²) in [4.78, 5) is 14.1. The van der Waals surface area contributed by atoms with Crippen molar-refractivity contribution in [1.29, 1.82) is 0 Å². The van der Waals surface area contributed by atoms with Crippen LogP contribution in [0.5, 0.6) is 0 Å². The Morgan fingerprint density at radius 1 is 1.35 bits per heavy atom. The molecular weight excluding hydrogens is 214 g/mol. The molecule has 1 saturated heterocycles. The molecule has 2 unspecified atom stereocenters. The first-order valence-electron chi connectivity index (χ1n) is 6.09. The Bertz CT molecular complexity index is 377. The number of carbonyl (C=O) groups is 1. The lowest BCUT2D eigenvalue weighted by Gasteiger charge is -2.36. The Hall–Kier alpha value is -1.35. The molecule has 3 nitrogen and oxygen atoms in total. The first kappa shape index (κ1) is 12.1. The van der Waals surface area contributed by atoms with Gasteiger partial charge in [0.25, 0.3) is 5.91 Å². The molecule has 1 aliphatic heterocycles. The van der Waals surface area contributed by atoms with Crippen LogP contribution < -0.4 is 0 Å². The minimum absolute atomic E-state index is 0.111. The quantitative estimate of drug-likeness (QED) is 0.783. The van der Waals surface area contributed by atoms with Gasteiger partial charge in [-0.15, -0.1) is 0 Å². The van der Waals surface area contributed by atoms with Crippen LogP contribution in [0.1, 0.15) is 23.7 Å². The van der Waals surface area contributed by atoms with Gasteiger partial charge in [0.05, 0.1) is 6.10 Å². The molecule has 1 aromatic rings. The van der Waals surface area contributed by atoms with Crippen molar-refractivity contribution >= 4 is 5.91 Å². The molecule has 0 N–H and O–H groups in total. The minimum Gasteiger partial charge on any atom is -0.379 e. The Kier molecular flexibility index (Phi) is 3.79. The molecule has 17 heavy (non-hydrogen) atoms. The molecule has 2 rings (SSSR count). The van der Waals surface area contributed by atoms with Gasteiger partial charge < -0.3 is 9.64 Å². The second-order valence-corrected chi connectivity index (χ2v) is 4.66. The molecule has 0 bridgehead atoms. The zero-order valence-corrected chi connectivity index (χ0v) is 10.4. The van der Waals surface area contributed by atoms with Gasteiger partial charge in [-0.1, -0.05) is 25.1 Å². The third kappa shape index (κ3) is 2.67. The van der Waals surface area contributed by atoms with Crippen LogP contribution in [0.2, 0.25) is 0 Å². The Labute approximate surface area is 102 Å². The summed E-state index contributed by atoms with van der Waals surface area (Å²) in [5.74, 6) is 0.638. The van der Waals surface area contributed by atoms with Crippen LogP contribution in [0.4, 0.5) is 0 Å². The number of carbonyl (C=O) groups excluding carboxylic acids is 1. The maximum absolute atomic E-state index is 12.2. The summed E-state index contributed by atoms with van der Waals surface area (Å²) < 4.78 is 5.43. The zero-order chi connectivity index (χ0) is 12.3. The number of likely N-dealkylation sites (tertiary alicyclic amines) is 1. The molecular formula is C14H19NO2. The summed E-state index contributed by atoms with van der Waals surface area (Å²) in [6, 6.07) is 9.44. The van der Waals surface area contributed by atoms with Crippen molar-refractivity contribution in [2.45, 2.75) is 19.4 Å². The molecule has 0 saturated carbocycles. The lowest BCUT2D eigenvalue weighted by molar-refractivity contribution is -0.00156. The number of hydrogen-bond donors (Lipinski definition) is 0. The van der Waals surface area contributed by atoms with Crippen LogP contribution in [0, 0.1) is 5.92 Å². The molecule has 0 spiro atoms. The van der Waals surface area contributed by atoms with Gasteiger partial charge in [-0.05, 0) is 24.5 Å². The van der Waals surface area contributed by atoms with Gasteiger partial charge in [0.1, 0.15) is 0 Å². The lowest BCUT2D eigenvalue weighted by Crippen LogP contribution is -2.46. The van der Waals surface area contributed by atoms with Crippen LogP contribution >= 0.6 is 0 Å². The molecule has 1 amide bonds. The normalized spacial score (nSPS) is 24.7. The largest absolute Gasteiger partial charge is 0.379 e. The fourth-order valence-electron chi connectivity index (χ4n) is 2.29. The van der Waals surface area contributed by atoms with E-state index in [-0.39, 0.29) is 12.0 Å². The van der Waals surface area contributed by atoms with E-state index in [4.69, 9.17) is 4.74 Å². The first-order chi connectivity index (χ1) is 8.22. The Morgan fingerprint density at radius 3 is 2.71 bits per heavy atom. The van der Waals surface area contributed by atoms with Gasteiger partial charge in [-0.2, -0.15) is 0 Å². The number of amides is 1. The van der Waals surface area contributed by atoms with E-state index in [2.05, 4.69) is 6.92 Å². The van der Waals surface area contributed by atoms with Gasteiger partial charge in [0.15, 0.2) is 0 Å². The molecule has 0 aromatic heterocycles. The average molecular weight is 233 g/mol. The predicted octanol–water partition coefficient (Wildman–Crippen LogP) is 2.18. The van der Waals surface area contributed by atoms with Crippen LogP contribution in [0.3, 0.4) is 0 Å². The number of ether oxygens (including phenoxy) is 1. The van der Waals surface area contributed by atoms with E-state index in [1.807, 2.05) is 35.2 Å². The van der Waals surface area contributed by atoms with E-state index in [1.165, 1.54) is 0 Å². The predicted molar refractivity (Wildman–Crippen MR) is 66.9 cm³/mol. The zero-order valence-electron chi connectivity index (χ0n) is 10.4. The van der Waals surface area contributed by atoms with Crippen LogP contribution in [0.25, 0.3) is 0 Å². The van der Waals surface area contributed by atoms with Crippen molar-refractivity contribution in [2.24, 2.45) is 5.92 Å². The van der Waals surface area contributed by atoms with Gasteiger partial charge >= 0.3 is 0 Å². The molecule has 3 heteroatoms. The smallest absolute Gasteiger partial charge is 0.253 e. The number of benzene rings is 1. The standard InChI is InChI=1S/C14H19NO2/c1-11-8-9-15(10-13(11)17-2)14(16)12-6-4-3-5-7-12/h3-7,11,13H,8-10H2,1-2H3. The summed E-state index contributed by atoms with van der Waals surface area (Å²) in [6.07, 6.45) is 1.17. The fraction of sp³-hybridized carbons (Fsp3) is 0.500. The van der Waals surface area contributed by atoms with E-state index in [0.29, 0.717) is 12.5 Å². The highest BCUT2D eigenvalue weighted by atomic mass is 16.5. The van der Waals surface area contributed by atoms with E-state index >= 15 is 0 Å². The molecule has 0 radical (unpaired) electrons. The number of methoxy groups -OCH3 is 1. The van der Waals surface area contributed by atoms with Crippen molar-refractivity contribution in [2.75, 3.05) is 20.2 Å². The van der Waals surface area contributed by atoms with Crippen molar-refractivity contribution in [3.05, 3.63) is 35.9 Å².